The Hall–Kier alpha value is -3.15. The second-order valence-electron chi connectivity index (χ2n) is 16.7. The lowest BCUT2D eigenvalue weighted by Gasteiger charge is -2.18. The molecule has 0 amide bonds. The van der Waals surface area contributed by atoms with Crippen molar-refractivity contribution in [3.63, 3.8) is 0 Å². The topological polar surface area (TPSA) is 78.9 Å². The summed E-state index contributed by atoms with van der Waals surface area (Å²) in [5.74, 6) is -0.912. The molecule has 61 heavy (non-hydrogen) atoms. The highest BCUT2D eigenvalue weighted by molar-refractivity contribution is 5.71. The minimum Gasteiger partial charge on any atom is -0.462 e. The molecule has 1 unspecified atom stereocenters. The number of ether oxygens (including phenoxy) is 3. The fraction of sp³-hybridized carbons (Fsp3) is 0.727. The Morgan fingerprint density at radius 3 is 1.02 bits per heavy atom. The lowest BCUT2D eigenvalue weighted by Crippen LogP contribution is -2.30. The maximum atomic E-state index is 12.7. The molecule has 6 heteroatoms. The zero-order chi connectivity index (χ0) is 44.4. The minimum absolute atomic E-state index is 0.0823. The SMILES string of the molecule is CC/C=C\C/C=C\C/C=C\C/C=C\C/C=C\CCCCCCCCCC(=O)OCC(COC(=O)CCCCCCCC)OC(=O)CCCCCCC/C=C\CCCCCCC. The Morgan fingerprint density at radius 2 is 0.639 bits per heavy atom. The summed E-state index contributed by atoms with van der Waals surface area (Å²) in [7, 11) is 0. The molecule has 350 valence electrons. The van der Waals surface area contributed by atoms with Gasteiger partial charge >= 0.3 is 17.9 Å². The van der Waals surface area contributed by atoms with Crippen LogP contribution in [0.15, 0.2) is 72.9 Å². The average molecular weight is 851 g/mol. The Balaban J connectivity index is 4.22. The fourth-order valence-corrected chi connectivity index (χ4v) is 6.87. The smallest absolute Gasteiger partial charge is 0.306 e. The quantitative estimate of drug-likeness (QED) is 0.0263. The van der Waals surface area contributed by atoms with Gasteiger partial charge in [-0.1, -0.05) is 203 Å². The second-order valence-corrected chi connectivity index (χ2v) is 16.7. The molecule has 0 aliphatic carbocycles. The van der Waals surface area contributed by atoms with Gasteiger partial charge in [-0.2, -0.15) is 0 Å². The van der Waals surface area contributed by atoms with Gasteiger partial charge in [0.15, 0.2) is 6.10 Å². The van der Waals surface area contributed by atoms with Crippen LogP contribution in [0, 0.1) is 0 Å². The van der Waals surface area contributed by atoms with Gasteiger partial charge in [-0.25, -0.2) is 0 Å². The number of rotatable bonds is 45. The number of hydrogen-bond donors (Lipinski definition) is 0. The number of carbonyl (C=O) groups is 3. The molecule has 0 aliphatic rings. The normalized spacial score (nSPS) is 12.6. The van der Waals surface area contributed by atoms with Crippen LogP contribution in [0.1, 0.15) is 239 Å². The van der Waals surface area contributed by atoms with Crippen LogP contribution >= 0.6 is 0 Å². The monoisotopic (exact) mass is 851 g/mol. The summed E-state index contributed by atoms with van der Waals surface area (Å²) in [5.41, 5.74) is 0. The summed E-state index contributed by atoms with van der Waals surface area (Å²) >= 11 is 0. The first kappa shape index (κ1) is 57.9. The van der Waals surface area contributed by atoms with E-state index < -0.39 is 6.10 Å². The van der Waals surface area contributed by atoms with Crippen LogP contribution < -0.4 is 0 Å². The lowest BCUT2D eigenvalue weighted by atomic mass is 10.1. The summed E-state index contributed by atoms with van der Waals surface area (Å²) in [4.78, 5) is 37.7. The molecule has 0 aliphatic heterocycles. The van der Waals surface area contributed by atoms with Gasteiger partial charge in [-0.15, -0.1) is 0 Å². The molecule has 0 aromatic heterocycles. The van der Waals surface area contributed by atoms with Gasteiger partial charge in [-0.3, -0.25) is 14.4 Å². The van der Waals surface area contributed by atoms with E-state index in [1.807, 2.05) is 0 Å². The van der Waals surface area contributed by atoms with Crippen LogP contribution in [0.3, 0.4) is 0 Å². The second kappa shape index (κ2) is 49.5. The summed E-state index contributed by atoms with van der Waals surface area (Å²) in [6, 6.07) is 0. The van der Waals surface area contributed by atoms with Crippen molar-refractivity contribution >= 4 is 17.9 Å². The highest BCUT2D eigenvalue weighted by Crippen LogP contribution is 2.14. The summed E-state index contributed by atoms with van der Waals surface area (Å²) < 4.78 is 16.7. The van der Waals surface area contributed by atoms with E-state index in [0.717, 1.165) is 109 Å². The third-order valence-electron chi connectivity index (χ3n) is 10.7. The van der Waals surface area contributed by atoms with Crippen LogP contribution in [-0.2, 0) is 28.6 Å². The summed E-state index contributed by atoms with van der Waals surface area (Å²) in [6.45, 7) is 6.43. The van der Waals surface area contributed by atoms with E-state index in [2.05, 4.69) is 93.7 Å². The third kappa shape index (κ3) is 47.7. The third-order valence-corrected chi connectivity index (χ3v) is 10.7. The summed E-state index contributed by atoms with van der Waals surface area (Å²) in [6.07, 6.45) is 61.9. The summed E-state index contributed by atoms with van der Waals surface area (Å²) in [5, 5.41) is 0. The molecule has 0 spiro atoms. The van der Waals surface area contributed by atoms with Crippen molar-refractivity contribution in [3.8, 4) is 0 Å². The van der Waals surface area contributed by atoms with E-state index >= 15 is 0 Å². The molecule has 0 N–H and O–H groups in total. The molecule has 0 aromatic carbocycles. The fourth-order valence-electron chi connectivity index (χ4n) is 6.87. The van der Waals surface area contributed by atoms with Crippen LogP contribution in [-0.4, -0.2) is 37.2 Å². The molecule has 0 radical (unpaired) electrons. The zero-order valence-corrected chi connectivity index (χ0v) is 39.9. The van der Waals surface area contributed by atoms with E-state index in [-0.39, 0.29) is 31.1 Å². The number of carbonyl (C=O) groups excluding carboxylic acids is 3. The molecule has 0 saturated carbocycles. The highest BCUT2D eigenvalue weighted by atomic mass is 16.6. The molecule has 0 saturated heterocycles. The first-order valence-corrected chi connectivity index (χ1v) is 25.4. The van der Waals surface area contributed by atoms with Crippen LogP contribution in [0.25, 0.3) is 0 Å². The van der Waals surface area contributed by atoms with E-state index in [1.165, 1.54) is 89.9 Å². The van der Waals surface area contributed by atoms with E-state index in [1.54, 1.807) is 0 Å². The Bertz CT molecular complexity index is 1160. The van der Waals surface area contributed by atoms with Crippen LogP contribution in [0.5, 0.6) is 0 Å². The first-order chi connectivity index (χ1) is 30.0. The largest absolute Gasteiger partial charge is 0.462 e. The molecular weight excluding hydrogens is 757 g/mol. The van der Waals surface area contributed by atoms with E-state index in [4.69, 9.17) is 14.2 Å². The minimum atomic E-state index is -0.780. The average Bonchev–Trinajstić information content (AvgIpc) is 3.26. The zero-order valence-electron chi connectivity index (χ0n) is 39.9. The Kier molecular flexibility index (Phi) is 46.9. The van der Waals surface area contributed by atoms with Crippen molar-refractivity contribution in [2.24, 2.45) is 0 Å². The molecule has 0 heterocycles. The van der Waals surface area contributed by atoms with Gasteiger partial charge in [-0.05, 0) is 89.9 Å². The van der Waals surface area contributed by atoms with Gasteiger partial charge in [0.25, 0.3) is 0 Å². The van der Waals surface area contributed by atoms with Crippen molar-refractivity contribution in [2.45, 2.75) is 245 Å². The van der Waals surface area contributed by atoms with Crippen molar-refractivity contribution in [1.82, 2.24) is 0 Å². The Morgan fingerprint density at radius 1 is 0.344 bits per heavy atom. The van der Waals surface area contributed by atoms with Crippen molar-refractivity contribution in [1.29, 1.82) is 0 Å². The molecule has 1 atom stereocenters. The van der Waals surface area contributed by atoms with Crippen LogP contribution in [0.4, 0.5) is 0 Å². The highest BCUT2D eigenvalue weighted by Gasteiger charge is 2.19. The van der Waals surface area contributed by atoms with E-state index in [0.29, 0.717) is 19.3 Å². The Labute approximate surface area is 376 Å². The van der Waals surface area contributed by atoms with Gasteiger partial charge < -0.3 is 14.2 Å². The number of unbranched alkanes of at least 4 members (excludes halogenated alkanes) is 22. The molecule has 0 rings (SSSR count). The first-order valence-electron chi connectivity index (χ1n) is 25.4. The van der Waals surface area contributed by atoms with Crippen molar-refractivity contribution < 1.29 is 28.6 Å². The van der Waals surface area contributed by atoms with Gasteiger partial charge in [0, 0.05) is 19.3 Å². The molecule has 0 fully saturated rings. The number of allylic oxidation sites excluding steroid dienone is 12. The standard InChI is InChI=1S/C55H94O6/c1-4-7-10-13-16-18-20-22-24-25-26-27-28-29-30-31-32-34-35-37-39-42-45-48-54(57)60-51-52(50-59-53(56)47-44-41-15-12-9-6-3)61-55(58)49-46-43-40-38-36-33-23-21-19-17-14-11-8-5-2/h7,10,16,18,21-24,26-27,29-30,52H,4-6,8-9,11-15,17,19-20,25,28,31-51H2,1-3H3/b10-7-,18-16-,23-21-,24-22-,27-26-,30-29-. The molecule has 0 bridgehead atoms. The van der Waals surface area contributed by atoms with Gasteiger partial charge in [0.1, 0.15) is 13.2 Å². The van der Waals surface area contributed by atoms with E-state index in [9.17, 15) is 14.4 Å². The van der Waals surface area contributed by atoms with Crippen molar-refractivity contribution in [2.75, 3.05) is 13.2 Å². The van der Waals surface area contributed by atoms with Crippen molar-refractivity contribution in [3.05, 3.63) is 72.9 Å². The predicted molar refractivity (Wildman–Crippen MR) is 261 cm³/mol. The maximum Gasteiger partial charge on any atom is 0.306 e. The lowest BCUT2D eigenvalue weighted by molar-refractivity contribution is -0.167. The molecule has 6 nitrogen and oxygen atoms in total. The number of esters is 3. The maximum absolute atomic E-state index is 12.7. The van der Waals surface area contributed by atoms with Crippen LogP contribution in [0.2, 0.25) is 0 Å². The predicted octanol–water partition coefficient (Wildman–Crippen LogP) is 16.6. The molecule has 0 aromatic rings. The van der Waals surface area contributed by atoms with Gasteiger partial charge in [0.05, 0.1) is 0 Å². The number of hydrogen-bond acceptors (Lipinski definition) is 6. The molecular formula is C55H94O6. The van der Waals surface area contributed by atoms with Gasteiger partial charge in [0.2, 0.25) is 0 Å².